The monoisotopic (exact) mass is 543 g/mol. The Kier molecular flexibility index (Phi) is 5.58. The molecule has 172 valence electrons. The van der Waals surface area contributed by atoms with Crippen LogP contribution in [0.2, 0.25) is 5.02 Å². The number of carbonyl (C=O) groups excluding carboxylic acids is 1. The maximum absolute atomic E-state index is 13.9. The van der Waals surface area contributed by atoms with Crippen LogP contribution in [0.1, 0.15) is 33.3 Å². The molecular formula is C25H16BrClFNO5. The minimum absolute atomic E-state index is 0.0287. The van der Waals surface area contributed by atoms with E-state index in [1.54, 1.807) is 36.4 Å². The first kappa shape index (κ1) is 22.4. The first-order valence-electron chi connectivity index (χ1n) is 10.2. The third-order valence-electron chi connectivity index (χ3n) is 5.81. The van der Waals surface area contributed by atoms with Crippen LogP contribution in [0.5, 0.6) is 11.5 Å². The number of hydrogen-bond donors (Lipinski definition) is 1. The summed E-state index contributed by atoms with van der Waals surface area (Å²) in [6.45, 7) is 0.0817. The number of aromatic hydroxyl groups is 1. The van der Waals surface area contributed by atoms with Crippen molar-refractivity contribution in [2.24, 2.45) is 0 Å². The van der Waals surface area contributed by atoms with Gasteiger partial charge in [-0.05, 0) is 63.5 Å². The fourth-order valence-corrected chi connectivity index (χ4v) is 4.87. The second-order valence-corrected chi connectivity index (χ2v) is 9.06. The molecule has 1 unspecified atom stereocenters. The molecule has 1 N–H and O–H groups in total. The van der Waals surface area contributed by atoms with Crippen LogP contribution in [0.25, 0.3) is 11.0 Å². The molecule has 1 aliphatic heterocycles. The van der Waals surface area contributed by atoms with Gasteiger partial charge in [-0.3, -0.25) is 9.59 Å². The highest BCUT2D eigenvalue weighted by Crippen LogP contribution is 2.44. The van der Waals surface area contributed by atoms with Crippen molar-refractivity contribution in [3.63, 3.8) is 0 Å². The van der Waals surface area contributed by atoms with Gasteiger partial charge in [0.2, 0.25) is 5.76 Å². The van der Waals surface area contributed by atoms with Crippen molar-refractivity contribution >= 4 is 44.4 Å². The van der Waals surface area contributed by atoms with Crippen molar-refractivity contribution in [1.82, 2.24) is 4.90 Å². The Bertz CT molecular complexity index is 1540. The van der Waals surface area contributed by atoms with E-state index in [1.165, 1.54) is 18.1 Å². The Hall–Kier alpha value is -3.36. The summed E-state index contributed by atoms with van der Waals surface area (Å²) < 4.78 is 25.4. The molecule has 5 rings (SSSR count). The van der Waals surface area contributed by atoms with Gasteiger partial charge >= 0.3 is 0 Å². The third-order valence-corrected chi connectivity index (χ3v) is 6.79. The highest BCUT2D eigenvalue weighted by molar-refractivity contribution is 9.10. The zero-order valence-corrected chi connectivity index (χ0v) is 20.0. The van der Waals surface area contributed by atoms with Crippen LogP contribution in [0.4, 0.5) is 4.39 Å². The van der Waals surface area contributed by atoms with Gasteiger partial charge in [-0.25, -0.2) is 4.39 Å². The molecule has 0 bridgehead atoms. The summed E-state index contributed by atoms with van der Waals surface area (Å²) in [7, 11) is 1.39. The zero-order chi connectivity index (χ0) is 24.1. The summed E-state index contributed by atoms with van der Waals surface area (Å²) in [6, 6.07) is 12.9. The Morgan fingerprint density at radius 1 is 1.18 bits per heavy atom. The molecule has 0 spiro atoms. The van der Waals surface area contributed by atoms with Crippen molar-refractivity contribution < 1.29 is 23.4 Å². The van der Waals surface area contributed by atoms with Crippen LogP contribution >= 0.6 is 27.5 Å². The summed E-state index contributed by atoms with van der Waals surface area (Å²) in [5, 5.41) is 10.8. The van der Waals surface area contributed by atoms with Crippen LogP contribution in [-0.4, -0.2) is 23.0 Å². The van der Waals surface area contributed by atoms with Gasteiger partial charge in [0.05, 0.1) is 28.6 Å². The standard InChI is InChI=1S/C25H16BrClFNO5/c1-33-19-9-13(8-16(26)23(19)31)21-20-22(30)15-10-14(28)6-7-18(15)34-24(20)25(32)29(21)11-12-4-2-3-5-17(12)27/h2-10,21,31H,11H2,1H3. The van der Waals surface area contributed by atoms with Gasteiger partial charge in [0.25, 0.3) is 5.91 Å². The second-order valence-electron chi connectivity index (χ2n) is 7.80. The van der Waals surface area contributed by atoms with Crippen molar-refractivity contribution in [3.8, 4) is 11.5 Å². The van der Waals surface area contributed by atoms with Gasteiger partial charge in [0, 0.05) is 11.6 Å². The molecule has 1 atom stereocenters. The van der Waals surface area contributed by atoms with Crippen LogP contribution in [-0.2, 0) is 6.54 Å². The molecular weight excluding hydrogens is 529 g/mol. The molecule has 1 aromatic heterocycles. The van der Waals surface area contributed by atoms with Crippen molar-refractivity contribution in [1.29, 1.82) is 0 Å². The lowest BCUT2D eigenvalue weighted by molar-refractivity contribution is 0.0714. The highest BCUT2D eigenvalue weighted by atomic mass is 79.9. The van der Waals surface area contributed by atoms with Gasteiger partial charge in [0.1, 0.15) is 11.4 Å². The zero-order valence-electron chi connectivity index (χ0n) is 17.6. The molecule has 1 amide bonds. The Labute approximate surface area is 206 Å². The van der Waals surface area contributed by atoms with E-state index in [0.29, 0.717) is 20.6 Å². The van der Waals surface area contributed by atoms with Crippen molar-refractivity contribution in [3.05, 3.63) is 103 Å². The number of halogens is 3. The Morgan fingerprint density at radius 3 is 2.68 bits per heavy atom. The SMILES string of the molecule is COc1cc(C2c3c(oc4ccc(F)cc4c3=O)C(=O)N2Cc2ccccc2Cl)cc(Br)c1O. The molecule has 2 heterocycles. The molecule has 6 nitrogen and oxygen atoms in total. The van der Waals surface area contributed by atoms with Crippen molar-refractivity contribution in [2.75, 3.05) is 7.11 Å². The minimum atomic E-state index is -0.895. The Balaban J connectivity index is 1.78. The number of ether oxygens (including phenoxy) is 1. The molecule has 0 saturated carbocycles. The number of methoxy groups -OCH3 is 1. The molecule has 3 aromatic carbocycles. The van der Waals surface area contributed by atoms with Crippen LogP contribution in [0, 0.1) is 5.82 Å². The predicted octanol–water partition coefficient (Wildman–Crippen LogP) is 5.81. The fourth-order valence-electron chi connectivity index (χ4n) is 4.22. The van der Waals surface area contributed by atoms with E-state index in [4.69, 9.17) is 20.8 Å². The normalized spacial score (nSPS) is 15.1. The van der Waals surface area contributed by atoms with Gasteiger partial charge < -0.3 is 19.2 Å². The van der Waals surface area contributed by atoms with E-state index in [0.717, 1.165) is 12.1 Å². The number of carbonyl (C=O) groups is 1. The maximum Gasteiger partial charge on any atom is 0.291 e. The molecule has 9 heteroatoms. The molecule has 34 heavy (non-hydrogen) atoms. The van der Waals surface area contributed by atoms with Crippen LogP contribution in [0.15, 0.2) is 68.3 Å². The highest BCUT2D eigenvalue weighted by Gasteiger charge is 2.43. The van der Waals surface area contributed by atoms with E-state index >= 15 is 0 Å². The maximum atomic E-state index is 13.9. The molecule has 0 saturated heterocycles. The van der Waals surface area contributed by atoms with E-state index in [-0.39, 0.29) is 40.3 Å². The van der Waals surface area contributed by atoms with E-state index in [2.05, 4.69) is 15.9 Å². The van der Waals surface area contributed by atoms with Crippen LogP contribution in [0.3, 0.4) is 0 Å². The molecule has 0 aliphatic carbocycles. The number of hydrogen-bond acceptors (Lipinski definition) is 5. The topological polar surface area (TPSA) is 80.0 Å². The predicted molar refractivity (Wildman–Crippen MR) is 128 cm³/mol. The summed E-state index contributed by atoms with van der Waals surface area (Å²) in [5.74, 6) is -1.20. The molecule has 0 fully saturated rings. The number of phenolic OH excluding ortho intramolecular Hbond substituents is 1. The second kappa shape index (κ2) is 8.45. The smallest absolute Gasteiger partial charge is 0.291 e. The fraction of sp³-hybridized carbons (Fsp3) is 0.120. The van der Waals surface area contributed by atoms with Gasteiger partial charge in [-0.2, -0.15) is 0 Å². The number of amides is 1. The van der Waals surface area contributed by atoms with Gasteiger partial charge in [-0.15, -0.1) is 0 Å². The molecule has 1 aliphatic rings. The lowest BCUT2D eigenvalue weighted by Gasteiger charge is -2.26. The van der Waals surface area contributed by atoms with E-state index in [9.17, 15) is 19.1 Å². The number of rotatable bonds is 4. The number of benzene rings is 3. The lowest BCUT2D eigenvalue weighted by Crippen LogP contribution is -2.29. The number of phenols is 1. The van der Waals surface area contributed by atoms with Gasteiger partial charge in [-0.1, -0.05) is 29.8 Å². The van der Waals surface area contributed by atoms with E-state index in [1.807, 2.05) is 0 Å². The average molecular weight is 545 g/mol. The van der Waals surface area contributed by atoms with Crippen LogP contribution < -0.4 is 10.2 Å². The summed E-state index contributed by atoms with van der Waals surface area (Å²) in [6.07, 6.45) is 0. The largest absolute Gasteiger partial charge is 0.503 e. The first-order valence-corrected chi connectivity index (χ1v) is 11.3. The van der Waals surface area contributed by atoms with Crippen molar-refractivity contribution in [2.45, 2.75) is 12.6 Å². The summed E-state index contributed by atoms with van der Waals surface area (Å²) >= 11 is 9.66. The average Bonchev–Trinajstić information content (AvgIpc) is 3.09. The third kappa shape index (κ3) is 3.54. The number of fused-ring (bicyclic) bond motifs is 2. The lowest BCUT2D eigenvalue weighted by atomic mass is 9.97. The number of nitrogens with zero attached hydrogens (tertiary/aromatic N) is 1. The molecule has 0 radical (unpaired) electrons. The van der Waals surface area contributed by atoms with E-state index < -0.39 is 23.2 Å². The molecule has 4 aromatic rings. The first-order chi connectivity index (χ1) is 16.3. The Morgan fingerprint density at radius 2 is 1.94 bits per heavy atom. The van der Waals surface area contributed by atoms with Gasteiger partial charge in [0.15, 0.2) is 16.9 Å². The summed E-state index contributed by atoms with van der Waals surface area (Å²) in [4.78, 5) is 28.6. The minimum Gasteiger partial charge on any atom is -0.503 e. The summed E-state index contributed by atoms with van der Waals surface area (Å²) in [5.41, 5.74) is 0.835. The quantitative estimate of drug-likeness (QED) is 0.351.